The van der Waals surface area contributed by atoms with E-state index >= 15 is 0 Å². The predicted molar refractivity (Wildman–Crippen MR) is 73.9 cm³/mol. The maximum atomic E-state index is 7.61. The van der Waals surface area contributed by atoms with Crippen LogP contribution in [0.3, 0.4) is 0 Å². The van der Waals surface area contributed by atoms with Crippen LogP contribution in [0.4, 0.5) is 0 Å². The summed E-state index contributed by atoms with van der Waals surface area (Å²) in [7, 11) is 3.50. The normalized spacial score (nSPS) is 10.5. The lowest BCUT2D eigenvalue weighted by Crippen LogP contribution is -2.12. The van der Waals surface area contributed by atoms with Crippen molar-refractivity contribution in [1.29, 1.82) is 5.41 Å². The highest BCUT2D eigenvalue weighted by atomic mass is 32.2. The van der Waals surface area contributed by atoms with Gasteiger partial charge in [-0.25, -0.2) is 0 Å². The van der Waals surface area contributed by atoms with Gasteiger partial charge in [-0.2, -0.15) is 0 Å². The monoisotopic (exact) mass is 277 g/mol. The van der Waals surface area contributed by atoms with Gasteiger partial charge in [-0.15, -0.1) is 10.2 Å². The van der Waals surface area contributed by atoms with Gasteiger partial charge >= 0.3 is 0 Å². The largest absolute Gasteiger partial charge is 0.497 e. The maximum absolute atomic E-state index is 7.61. The quantitative estimate of drug-likeness (QED) is 0.654. The van der Waals surface area contributed by atoms with Crippen molar-refractivity contribution >= 4 is 17.6 Å². The van der Waals surface area contributed by atoms with Crippen molar-refractivity contribution in [3.05, 3.63) is 29.6 Å². The molecular weight excluding hydrogens is 262 g/mol. The summed E-state index contributed by atoms with van der Waals surface area (Å²) in [6, 6.07) is 5.39. The van der Waals surface area contributed by atoms with Crippen LogP contribution in [0, 0.1) is 12.3 Å². The van der Waals surface area contributed by atoms with Gasteiger partial charge in [0.1, 0.15) is 17.4 Å². The summed E-state index contributed by atoms with van der Waals surface area (Å²) < 4.78 is 7.08. The second kappa shape index (κ2) is 5.31. The summed E-state index contributed by atoms with van der Waals surface area (Å²) in [6.45, 7) is 1.88. The number of methoxy groups -OCH3 is 1. The number of nitrogens with zero attached hydrogens (tertiary/aromatic N) is 3. The Morgan fingerprint density at radius 1 is 1.42 bits per heavy atom. The van der Waals surface area contributed by atoms with Crippen LogP contribution in [-0.2, 0) is 7.05 Å². The first-order valence-electron chi connectivity index (χ1n) is 5.59. The van der Waals surface area contributed by atoms with Crippen LogP contribution in [0.5, 0.6) is 5.75 Å². The zero-order chi connectivity index (χ0) is 14.0. The van der Waals surface area contributed by atoms with Gasteiger partial charge in [-0.05, 0) is 36.9 Å². The average molecular weight is 277 g/mol. The van der Waals surface area contributed by atoms with Crippen molar-refractivity contribution in [2.75, 3.05) is 7.11 Å². The number of hydrogen-bond donors (Lipinski definition) is 2. The fraction of sp³-hybridized carbons (Fsp3) is 0.250. The molecule has 0 unspecified atom stereocenters. The van der Waals surface area contributed by atoms with E-state index in [0.717, 1.165) is 15.9 Å². The van der Waals surface area contributed by atoms with E-state index in [1.54, 1.807) is 19.2 Å². The Morgan fingerprint density at radius 3 is 2.68 bits per heavy atom. The zero-order valence-corrected chi connectivity index (χ0v) is 11.8. The summed E-state index contributed by atoms with van der Waals surface area (Å²) in [6.07, 6.45) is 0. The molecule has 100 valence electrons. The van der Waals surface area contributed by atoms with E-state index in [2.05, 4.69) is 10.2 Å². The molecule has 1 aromatic heterocycles. The summed E-state index contributed by atoms with van der Waals surface area (Å²) >= 11 is 1.41. The van der Waals surface area contributed by atoms with Crippen LogP contribution in [0.2, 0.25) is 0 Å². The highest BCUT2D eigenvalue weighted by Crippen LogP contribution is 2.32. The third-order valence-electron chi connectivity index (χ3n) is 2.73. The van der Waals surface area contributed by atoms with Gasteiger partial charge in [0.05, 0.1) is 7.11 Å². The Morgan fingerprint density at radius 2 is 2.16 bits per heavy atom. The van der Waals surface area contributed by atoms with Crippen molar-refractivity contribution in [2.45, 2.75) is 17.0 Å². The van der Waals surface area contributed by atoms with Crippen LogP contribution in [-0.4, -0.2) is 27.7 Å². The molecule has 0 aliphatic rings. The van der Waals surface area contributed by atoms with Crippen LogP contribution >= 0.6 is 11.8 Å². The van der Waals surface area contributed by atoms with Crippen LogP contribution in [0.15, 0.2) is 28.3 Å². The topological polar surface area (TPSA) is 89.8 Å². The van der Waals surface area contributed by atoms with E-state index in [4.69, 9.17) is 15.9 Å². The van der Waals surface area contributed by atoms with Crippen molar-refractivity contribution < 1.29 is 4.74 Å². The molecule has 6 nitrogen and oxygen atoms in total. The van der Waals surface area contributed by atoms with Crippen LogP contribution in [0.25, 0.3) is 0 Å². The van der Waals surface area contributed by atoms with E-state index in [9.17, 15) is 0 Å². The Hall–Kier alpha value is -2.02. The molecule has 0 atom stereocenters. The van der Waals surface area contributed by atoms with E-state index in [0.29, 0.717) is 11.3 Å². The molecule has 0 saturated carbocycles. The predicted octanol–water partition coefficient (Wildman–Crippen LogP) is 1.57. The summed E-state index contributed by atoms with van der Waals surface area (Å²) in [4.78, 5) is 0.822. The van der Waals surface area contributed by atoms with Gasteiger partial charge in [-0.3, -0.25) is 5.41 Å². The minimum absolute atomic E-state index is 0.0176. The smallest absolute Gasteiger partial charge is 0.195 e. The highest BCUT2D eigenvalue weighted by molar-refractivity contribution is 7.99. The number of rotatable bonds is 4. The highest BCUT2D eigenvalue weighted by Gasteiger charge is 2.13. The maximum Gasteiger partial charge on any atom is 0.195 e. The molecule has 0 amide bonds. The van der Waals surface area contributed by atoms with Gasteiger partial charge in [0, 0.05) is 17.5 Å². The Balaban J connectivity index is 2.42. The van der Waals surface area contributed by atoms with Gasteiger partial charge < -0.3 is 15.0 Å². The van der Waals surface area contributed by atoms with Crippen molar-refractivity contribution in [3.63, 3.8) is 0 Å². The number of hydrogen-bond acceptors (Lipinski definition) is 5. The number of aromatic nitrogens is 3. The Labute approximate surface area is 115 Å². The molecular formula is C12H15N5OS. The third-order valence-corrected chi connectivity index (χ3v) is 3.83. The number of aryl methyl sites for hydroxylation is 1. The lowest BCUT2D eigenvalue weighted by atomic mass is 10.2. The molecule has 1 heterocycles. The van der Waals surface area contributed by atoms with Crippen molar-refractivity contribution in [3.8, 4) is 5.75 Å². The molecule has 2 aromatic rings. The minimum Gasteiger partial charge on any atom is -0.497 e. The first-order chi connectivity index (χ1) is 9.02. The number of ether oxygens (including phenoxy) is 1. The molecule has 0 aliphatic carbocycles. The fourth-order valence-corrected chi connectivity index (χ4v) is 2.52. The van der Waals surface area contributed by atoms with Gasteiger partial charge in [0.25, 0.3) is 0 Å². The SMILES string of the molecule is COc1ccc(C(=N)N)c(Sc2nnc(C)n2C)c1. The summed E-state index contributed by atoms with van der Waals surface area (Å²) in [5, 5.41) is 16.4. The standard InChI is InChI=1S/C12H15N5OS/c1-7-15-16-12(17(7)2)19-10-6-8(18-3)4-5-9(10)11(13)14/h4-6H,1-3H3,(H3,13,14). The molecule has 0 spiro atoms. The second-order valence-corrected chi connectivity index (χ2v) is 4.98. The van der Waals surface area contributed by atoms with Gasteiger partial charge in [0.2, 0.25) is 0 Å². The van der Waals surface area contributed by atoms with Crippen LogP contribution in [0.1, 0.15) is 11.4 Å². The number of nitrogen functional groups attached to an aromatic ring is 1. The van der Waals surface area contributed by atoms with E-state index in [1.165, 1.54) is 11.8 Å². The van der Waals surface area contributed by atoms with Crippen molar-refractivity contribution in [1.82, 2.24) is 14.8 Å². The average Bonchev–Trinajstić information content (AvgIpc) is 2.70. The van der Waals surface area contributed by atoms with E-state index in [1.807, 2.05) is 24.6 Å². The first-order valence-corrected chi connectivity index (χ1v) is 6.41. The molecule has 19 heavy (non-hydrogen) atoms. The number of amidine groups is 1. The lowest BCUT2D eigenvalue weighted by molar-refractivity contribution is 0.413. The molecule has 3 N–H and O–H groups in total. The zero-order valence-electron chi connectivity index (χ0n) is 11.0. The number of nitrogens with one attached hydrogen (secondary N) is 1. The van der Waals surface area contributed by atoms with Crippen LogP contribution < -0.4 is 10.5 Å². The number of benzene rings is 1. The first kappa shape index (κ1) is 13.4. The lowest BCUT2D eigenvalue weighted by Gasteiger charge is -2.09. The second-order valence-electron chi connectivity index (χ2n) is 3.97. The molecule has 1 aromatic carbocycles. The Bertz CT molecular complexity index is 623. The molecule has 7 heteroatoms. The molecule has 0 fully saturated rings. The third kappa shape index (κ3) is 2.70. The van der Waals surface area contributed by atoms with E-state index < -0.39 is 0 Å². The van der Waals surface area contributed by atoms with Gasteiger partial charge in [-0.1, -0.05) is 0 Å². The molecule has 0 bridgehead atoms. The molecule has 0 radical (unpaired) electrons. The molecule has 2 rings (SSSR count). The summed E-state index contributed by atoms with van der Waals surface area (Å²) in [5.74, 6) is 1.56. The van der Waals surface area contributed by atoms with Crippen molar-refractivity contribution in [2.24, 2.45) is 12.8 Å². The van der Waals surface area contributed by atoms with Gasteiger partial charge in [0.15, 0.2) is 5.16 Å². The Kier molecular flexibility index (Phi) is 3.75. The number of nitrogens with two attached hydrogens (primary N) is 1. The summed E-state index contributed by atoms with van der Waals surface area (Å²) in [5.41, 5.74) is 6.25. The molecule has 0 saturated heterocycles. The molecule has 0 aliphatic heterocycles. The fourth-order valence-electron chi connectivity index (χ4n) is 1.51. The minimum atomic E-state index is 0.0176. The van der Waals surface area contributed by atoms with E-state index in [-0.39, 0.29) is 5.84 Å².